The molecule has 0 aromatic carbocycles. The second-order valence-electron chi connectivity index (χ2n) is 3.22. The zero-order chi connectivity index (χ0) is 8.36. The maximum atomic E-state index is 5.13. The van der Waals surface area contributed by atoms with Gasteiger partial charge in [0.2, 0.25) is 0 Å². The van der Waals surface area contributed by atoms with E-state index in [1.54, 1.807) is 7.11 Å². The molecule has 0 saturated heterocycles. The number of hydrogen-bond donors (Lipinski definition) is 0. The van der Waals surface area contributed by atoms with E-state index in [0.29, 0.717) is 0 Å². The second kappa shape index (κ2) is 3.75. The van der Waals surface area contributed by atoms with Crippen LogP contribution in [0.3, 0.4) is 0 Å². The van der Waals surface area contributed by atoms with Crippen LogP contribution in [0.2, 0.25) is 19.6 Å². The van der Waals surface area contributed by atoms with E-state index in [4.69, 9.17) is 4.74 Å². The molecule has 0 bridgehead atoms. The van der Waals surface area contributed by atoms with Gasteiger partial charge in [-0.1, -0.05) is 0 Å². The van der Waals surface area contributed by atoms with Crippen LogP contribution in [-0.4, -0.2) is 19.3 Å². The van der Waals surface area contributed by atoms with Crippen LogP contribution in [0, 0.1) is 0 Å². The Morgan fingerprint density at radius 1 is 1.40 bits per heavy atom. The molecule has 1 nitrogen and oxygen atoms in total. The predicted octanol–water partition coefficient (Wildman–Crippen LogP) is 1.74. The van der Waals surface area contributed by atoms with Gasteiger partial charge < -0.3 is 0 Å². The van der Waals surface area contributed by atoms with Crippen molar-refractivity contribution >= 4 is 12.2 Å². The molecule has 0 amide bonds. The van der Waals surface area contributed by atoms with Gasteiger partial charge in [0.25, 0.3) is 0 Å². The first-order valence-electron chi connectivity index (χ1n) is 3.17. The fourth-order valence-electron chi connectivity index (χ4n) is 0.429. The SMILES string of the molecule is C=C([C](=[W])OC)[Si](C)(C)C. The van der Waals surface area contributed by atoms with Crippen LogP contribution in [0.5, 0.6) is 0 Å². The van der Waals surface area contributed by atoms with Crippen molar-refractivity contribution in [2.24, 2.45) is 0 Å². The summed E-state index contributed by atoms with van der Waals surface area (Å²) in [6.07, 6.45) is 0. The van der Waals surface area contributed by atoms with Crippen molar-refractivity contribution in [1.29, 1.82) is 0 Å². The predicted molar refractivity (Wildman–Crippen MR) is 44.5 cm³/mol. The summed E-state index contributed by atoms with van der Waals surface area (Å²) in [4.78, 5) is 0. The van der Waals surface area contributed by atoms with Gasteiger partial charge in [-0.05, 0) is 0 Å². The van der Waals surface area contributed by atoms with Gasteiger partial charge in [-0.3, -0.25) is 0 Å². The molecule has 0 aliphatic carbocycles. The van der Waals surface area contributed by atoms with Crippen LogP contribution in [0.4, 0.5) is 0 Å². The standard InChI is InChI=1S/C7H14OSi.W/c1-7(6-8-2)9(3,4)5;/h1H2,2-5H3;. The van der Waals surface area contributed by atoms with Crippen molar-refractivity contribution in [3.63, 3.8) is 0 Å². The Morgan fingerprint density at radius 2 is 1.80 bits per heavy atom. The van der Waals surface area contributed by atoms with Crippen LogP contribution in [0.25, 0.3) is 0 Å². The summed E-state index contributed by atoms with van der Waals surface area (Å²) in [6, 6.07) is 0. The number of rotatable bonds is 3. The molecule has 0 heterocycles. The molecule has 0 atom stereocenters. The van der Waals surface area contributed by atoms with Crippen molar-refractivity contribution in [2.45, 2.75) is 19.6 Å². The Hall–Kier alpha value is 0.475. The first-order chi connectivity index (χ1) is 4.39. The molecule has 3 heteroatoms. The maximum absolute atomic E-state index is 5.13. The average molecular weight is 326 g/mol. The van der Waals surface area contributed by atoms with E-state index < -0.39 is 8.07 Å². The van der Waals surface area contributed by atoms with Crippen molar-refractivity contribution in [2.75, 3.05) is 7.11 Å². The third-order valence-electron chi connectivity index (χ3n) is 1.34. The van der Waals surface area contributed by atoms with Gasteiger partial charge in [-0.25, -0.2) is 0 Å². The van der Waals surface area contributed by atoms with Gasteiger partial charge in [-0.15, -0.1) is 0 Å². The summed E-state index contributed by atoms with van der Waals surface area (Å²) >= 11 is 1.38. The van der Waals surface area contributed by atoms with Gasteiger partial charge in [0.05, 0.1) is 0 Å². The monoisotopic (exact) mass is 326 g/mol. The molecule has 0 spiro atoms. The first-order valence-corrected chi connectivity index (χ1v) is 8.14. The van der Waals surface area contributed by atoms with Gasteiger partial charge in [0.1, 0.15) is 0 Å². The Balaban J connectivity index is 4.24. The third-order valence-corrected chi connectivity index (χ3v) is 5.57. The van der Waals surface area contributed by atoms with Crippen LogP contribution < -0.4 is 0 Å². The van der Waals surface area contributed by atoms with Crippen LogP contribution in [-0.2, 0) is 24.1 Å². The van der Waals surface area contributed by atoms with Crippen molar-refractivity contribution in [3.8, 4) is 0 Å². The summed E-state index contributed by atoms with van der Waals surface area (Å²) < 4.78 is 6.20. The zero-order valence-electron chi connectivity index (χ0n) is 7.02. The van der Waals surface area contributed by atoms with Crippen molar-refractivity contribution in [1.82, 2.24) is 0 Å². The molecule has 0 saturated carbocycles. The molecule has 0 aromatic rings. The first kappa shape index (κ1) is 10.5. The summed E-state index contributed by atoms with van der Waals surface area (Å²) in [6.45, 7) is 10.8. The summed E-state index contributed by atoms with van der Waals surface area (Å²) in [7, 11) is 0.536. The van der Waals surface area contributed by atoms with E-state index in [9.17, 15) is 0 Å². The van der Waals surface area contributed by atoms with Crippen molar-refractivity contribution in [3.05, 3.63) is 11.8 Å². The Morgan fingerprint density at radius 3 is 1.90 bits per heavy atom. The van der Waals surface area contributed by atoms with Gasteiger partial charge >= 0.3 is 74.8 Å². The molecule has 0 rings (SSSR count). The fraction of sp³-hybridized carbons (Fsp3) is 0.571. The van der Waals surface area contributed by atoms with Crippen LogP contribution >= 0.6 is 0 Å². The molecule has 0 fully saturated rings. The van der Waals surface area contributed by atoms with Gasteiger partial charge in [0.15, 0.2) is 0 Å². The second-order valence-corrected chi connectivity index (χ2v) is 9.66. The topological polar surface area (TPSA) is 9.23 Å². The molecule has 0 unspecified atom stereocenters. The minimum atomic E-state index is -1.18. The number of ether oxygens (including phenoxy) is 1. The molecule has 0 aliphatic rings. The van der Waals surface area contributed by atoms with Crippen molar-refractivity contribution < 1.29 is 24.1 Å². The molecule has 10 heavy (non-hydrogen) atoms. The number of hydrogen-bond acceptors (Lipinski definition) is 1. The summed E-state index contributed by atoms with van der Waals surface area (Å²) in [5.74, 6) is 0. The average Bonchev–Trinajstić information content (AvgIpc) is 1.83. The van der Waals surface area contributed by atoms with E-state index in [2.05, 4.69) is 26.2 Å². The van der Waals surface area contributed by atoms with E-state index in [0.717, 1.165) is 4.08 Å². The van der Waals surface area contributed by atoms with E-state index in [-0.39, 0.29) is 0 Å². The van der Waals surface area contributed by atoms with Gasteiger partial charge in [-0.2, -0.15) is 0 Å². The molecular weight excluding hydrogens is 312 g/mol. The third kappa shape index (κ3) is 3.04. The molecule has 58 valence electrons. The Labute approximate surface area is 74.9 Å². The Kier molecular flexibility index (Phi) is 3.93. The number of methoxy groups -OCH3 is 1. The summed E-state index contributed by atoms with van der Waals surface area (Å²) in [5, 5.41) is 1.24. The van der Waals surface area contributed by atoms with E-state index in [1.165, 1.54) is 24.5 Å². The fourth-order valence-corrected chi connectivity index (χ4v) is 4.44. The van der Waals surface area contributed by atoms with E-state index in [1.807, 2.05) is 0 Å². The zero-order valence-corrected chi connectivity index (χ0v) is 11.0. The molecule has 0 aromatic heterocycles. The molecule has 0 aliphatic heterocycles. The molecule has 0 radical (unpaired) electrons. The minimum absolute atomic E-state index is 1.07. The van der Waals surface area contributed by atoms with E-state index >= 15 is 0 Å². The Bertz CT molecular complexity index is 157. The quantitative estimate of drug-likeness (QED) is 0.718. The summed E-state index contributed by atoms with van der Waals surface area (Å²) in [5.41, 5.74) is 0. The van der Waals surface area contributed by atoms with Gasteiger partial charge in [0, 0.05) is 0 Å². The van der Waals surface area contributed by atoms with Crippen LogP contribution in [0.1, 0.15) is 0 Å². The normalized spacial score (nSPS) is 11.2. The molecular formula is C7H14OSiW. The van der Waals surface area contributed by atoms with Crippen LogP contribution in [0.15, 0.2) is 11.8 Å². The molecule has 0 N–H and O–H groups in total.